The van der Waals surface area contributed by atoms with Gasteiger partial charge in [0.05, 0.1) is 20.4 Å². The van der Waals surface area contributed by atoms with Crippen LogP contribution in [0.3, 0.4) is 0 Å². The summed E-state index contributed by atoms with van der Waals surface area (Å²) in [7, 11) is 3.04. The molecule has 0 bridgehead atoms. The molecule has 1 aromatic heterocycles. The maximum absolute atomic E-state index is 10.4. The van der Waals surface area contributed by atoms with Crippen LogP contribution < -0.4 is 9.47 Å². The molecule has 1 N–H and O–H groups in total. The number of rotatable bonds is 3. The molecule has 0 amide bonds. The largest absolute Gasteiger partial charge is 0.480 e. The van der Waals surface area contributed by atoms with Gasteiger partial charge in [-0.25, -0.2) is 4.98 Å². The summed E-state index contributed by atoms with van der Waals surface area (Å²) in [6.07, 6.45) is 4.95. The number of aliphatic hydroxyl groups is 1. The van der Waals surface area contributed by atoms with E-state index >= 15 is 0 Å². The highest BCUT2D eigenvalue weighted by Gasteiger charge is 2.37. The van der Waals surface area contributed by atoms with Crippen molar-refractivity contribution in [2.45, 2.75) is 31.3 Å². The Bertz CT molecular complexity index is 375. The van der Waals surface area contributed by atoms with Crippen molar-refractivity contribution in [3.63, 3.8) is 0 Å². The van der Waals surface area contributed by atoms with Crippen LogP contribution in [0, 0.1) is 0 Å². The van der Waals surface area contributed by atoms with E-state index in [-0.39, 0.29) is 0 Å². The Morgan fingerprint density at radius 1 is 1.25 bits per heavy atom. The number of methoxy groups -OCH3 is 2. The van der Waals surface area contributed by atoms with Crippen molar-refractivity contribution >= 4 is 0 Å². The van der Waals surface area contributed by atoms with E-state index in [9.17, 15) is 5.11 Å². The molecular formula is C11H16N2O3. The third-order valence-electron chi connectivity index (χ3n) is 2.99. The molecule has 2 rings (SSSR count). The third kappa shape index (κ3) is 1.82. The van der Waals surface area contributed by atoms with E-state index in [4.69, 9.17) is 9.47 Å². The first-order valence-corrected chi connectivity index (χ1v) is 5.37. The highest BCUT2D eigenvalue weighted by atomic mass is 16.5. The van der Waals surface area contributed by atoms with Gasteiger partial charge >= 0.3 is 0 Å². The van der Waals surface area contributed by atoms with Crippen molar-refractivity contribution < 1.29 is 14.6 Å². The lowest BCUT2D eigenvalue weighted by Gasteiger charge is -2.22. The third-order valence-corrected chi connectivity index (χ3v) is 2.99. The Kier molecular flexibility index (Phi) is 2.96. The molecule has 1 aliphatic rings. The first-order chi connectivity index (χ1) is 7.69. The molecule has 88 valence electrons. The van der Waals surface area contributed by atoms with Crippen molar-refractivity contribution in [2.24, 2.45) is 0 Å². The number of hydrogen-bond donors (Lipinski definition) is 1. The second-order valence-electron chi connectivity index (χ2n) is 4.01. The van der Waals surface area contributed by atoms with E-state index in [1.807, 2.05) is 0 Å². The van der Waals surface area contributed by atoms with Gasteiger partial charge in [-0.05, 0) is 12.8 Å². The van der Waals surface area contributed by atoms with Gasteiger partial charge in [0, 0.05) is 0 Å². The number of hydrogen-bond acceptors (Lipinski definition) is 5. The Morgan fingerprint density at radius 3 is 2.50 bits per heavy atom. The van der Waals surface area contributed by atoms with Crippen LogP contribution in [-0.2, 0) is 5.60 Å². The lowest BCUT2D eigenvalue weighted by atomic mass is 9.98. The van der Waals surface area contributed by atoms with Crippen LogP contribution in [0.15, 0.2) is 6.20 Å². The maximum atomic E-state index is 10.4. The van der Waals surface area contributed by atoms with Crippen molar-refractivity contribution in [2.75, 3.05) is 14.2 Å². The SMILES string of the molecule is COc1cnc(C2(O)CCCC2)c(OC)n1. The van der Waals surface area contributed by atoms with Crippen LogP contribution in [0.1, 0.15) is 31.4 Å². The van der Waals surface area contributed by atoms with Gasteiger partial charge in [0.1, 0.15) is 11.3 Å². The molecule has 5 heteroatoms. The lowest BCUT2D eigenvalue weighted by molar-refractivity contribution is 0.0363. The Balaban J connectivity index is 2.39. The van der Waals surface area contributed by atoms with Gasteiger partial charge in [-0.1, -0.05) is 12.8 Å². The van der Waals surface area contributed by atoms with Gasteiger partial charge in [-0.3, -0.25) is 0 Å². The van der Waals surface area contributed by atoms with Gasteiger partial charge in [0.15, 0.2) is 0 Å². The first kappa shape index (κ1) is 11.1. The highest BCUT2D eigenvalue weighted by molar-refractivity contribution is 5.28. The maximum Gasteiger partial charge on any atom is 0.241 e. The van der Waals surface area contributed by atoms with Crippen LogP contribution in [0.5, 0.6) is 11.8 Å². The van der Waals surface area contributed by atoms with Crippen LogP contribution >= 0.6 is 0 Å². The van der Waals surface area contributed by atoms with Crippen LogP contribution in [0.4, 0.5) is 0 Å². The van der Waals surface area contributed by atoms with Crippen LogP contribution in [0.25, 0.3) is 0 Å². The van der Waals surface area contributed by atoms with E-state index in [0.717, 1.165) is 12.8 Å². The van der Waals surface area contributed by atoms with E-state index in [1.165, 1.54) is 20.4 Å². The Hall–Kier alpha value is -1.36. The van der Waals surface area contributed by atoms with Crippen molar-refractivity contribution in [3.05, 3.63) is 11.9 Å². The predicted octanol–water partition coefficient (Wildman–Crippen LogP) is 1.26. The normalized spacial score (nSPS) is 18.4. The second-order valence-corrected chi connectivity index (χ2v) is 4.01. The summed E-state index contributed by atoms with van der Waals surface area (Å²) in [4.78, 5) is 8.34. The van der Waals surface area contributed by atoms with E-state index in [2.05, 4.69) is 9.97 Å². The summed E-state index contributed by atoms with van der Waals surface area (Å²) in [6, 6.07) is 0. The smallest absolute Gasteiger partial charge is 0.241 e. The molecule has 0 spiro atoms. The summed E-state index contributed by atoms with van der Waals surface area (Å²) in [6.45, 7) is 0. The molecule has 0 aliphatic heterocycles. The first-order valence-electron chi connectivity index (χ1n) is 5.37. The molecule has 1 aliphatic carbocycles. The lowest BCUT2D eigenvalue weighted by Crippen LogP contribution is -2.24. The minimum Gasteiger partial charge on any atom is -0.480 e. The zero-order chi connectivity index (χ0) is 11.6. The fraction of sp³-hybridized carbons (Fsp3) is 0.636. The van der Waals surface area contributed by atoms with Gasteiger partial charge in [0.25, 0.3) is 0 Å². The summed E-state index contributed by atoms with van der Waals surface area (Å²) in [5, 5.41) is 10.4. The summed E-state index contributed by atoms with van der Waals surface area (Å²) in [5.74, 6) is 0.742. The van der Waals surface area contributed by atoms with Crippen molar-refractivity contribution in [3.8, 4) is 11.8 Å². The summed E-state index contributed by atoms with van der Waals surface area (Å²) < 4.78 is 10.1. The Morgan fingerprint density at radius 2 is 1.94 bits per heavy atom. The zero-order valence-electron chi connectivity index (χ0n) is 9.56. The van der Waals surface area contributed by atoms with E-state index in [0.29, 0.717) is 30.3 Å². The van der Waals surface area contributed by atoms with E-state index < -0.39 is 5.60 Å². The van der Waals surface area contributed by atoms with Gasteiger partial charge < -0.3 is 14.6 Å². The molecule has 1 heterocycles. The molecule has 16 heavy (non-hydrogen) atoms. The van der Waals surface area contributed by atoms with E-state index in [1.54, 1.807) is 0 Å². The molecule has 0 atom stereocenters. The molecule has 0 radical (unpaired) electrons. The van der Waals surface area contributed by atoms with Crippen molar-refractivity contribution in [1.29, 1.82) is 0 Å². The number of ether oxygens (including phenoxy) is 2. The number of aromatic nitrogens is 2. The summed E-state index contributed by atoms with van der Waals surface area (Å²) >= 11 is 0. The van der Waals surface area contributed by atoms with Gasteiger partial charge in [0.2, 0.25) is 11.8 Å². The highest BCUT2D eigenvalue weighted by Crippen LogP contribution is 2.40. The summed E-state index contributed by atoms with van der Waals surface area (Å²) in [5.41, 5.74) is -0.363. The van der Waals surface area contributed by atoms with Gasteiger partial charge in [-0.15, -0.1) is 0 Å². The molecule has 1 fully saturated rings. The van der Waals surface area contributed by atoms with Crippen LogP contribution in [-0.4, -0.2) is 29.3 Å². The fourth-order valence-corrected chi connectivity index (χ4v) is 2.11. The molecule has 0 aromatic carbocycles. The molecule has 5 nitrogen and oxygen atoms in total. The average Bonchev–Trinajstić information content (AvgIpc) is 2.76. The minimum atomic E-state index is -0.884. The van der Waals surface area contributed by atoms with Gasteiger partial charge in [-0.2, -0.15) is 4.98 Å². The topological polar surface area (TPSA) is 64.5 Å². The second kappa shape index (κ2) is 4.25. The zero-order valence-corrected chi connectivity index (χ0v) is 9.56. The fourth-order valence-electron chi connectivity index (χ4n) is 2.11. The number of nitrogens with zero attached hydrogens (tertiary/aromatic N) is 2. The molecule has 1 saturated carbocycles. The Labute approximate surface area is 94.4 Å². The molecule has 0 unspecified atom stereocenters. The monoisotopic (exact) mass is 224 g/mol. The molecular weight excluding hydrogens is 208 g/mol. The van der Waals surface area contributed by atoms with Crippen LogP contribution in [0.2, 0.25) is 0 Å². The quantitative estimate of drug-likeness (QED) is 0.837. The minimum absolute atomic E-state index is 0.351. The standard InChI is InChI=1S/C11H16N2O3/c1-15-8-7-12-9(10(13-8)16-2)11(14)5-3-4-6-11/h7,14H,3-6H2,1-2H3. The molecule has 0 saturated heterocycles. The predicted molar refractivity (Wildman–Crippen MR) is 57.5 cm³/mol. The van der Waals surface area contributed by atoms with Crippen molar-refractivity contribution in [1.82, 2.24) is 9.97 Å². The average molecular weight is 224 g/mol. The molecule has 1 aromatic rings.